The Morgan fingerprint density at radius 3 is 2.45 bits per heavy atom. The Bertz CT molecular complexity index is 548. The number of amides is 1. The van der Waals surface area contributed by atoms with E-state index in [0.29, 0.717) is 11.3 Å². The van der Waals surface area contributed by atoms with Gasteiger partial charge in [0.2, 0.25) is 0 Å². The van der Waals surface area contributed by atoms with Gasteiger partial charge in [-0.25, -0.2) is 4.79 Å². The number of ether oxygens (including phenoxy) is 2. The lowest BCUT2D eigenvalue weighted by atomic mass is 9.99. The van der Waals surface area contributed by atoms with E-state index in [1.807, 2.05) is 19.9 Å². The van der Waals surface area contributed by atoms with Crippen LogP contribution in [0.3, 0.4) is 0 Å². The van der Waals surface area contributed by atoms with Gasteiger partial charge in [0.05, 0.1) is 18.7 Å². The summed E-state index contributed by atoms with van der Waals surface area (Å²) in [7, 11) is 1.29. The van der Waals surface area contributed by atoms with Crippen LogP contribution in [0.1, 0.15) is 25.8 Å². The molecule has 6 heteroatoms. The summed E-state index contributed by atoms with van der Waals surface area (Å²) in [4.78, 5) is 23.6. The fourth-order valence-corrected chi connectivity index (χ4v) is 1.79. The minimum atomic E-state index is -0.688. The third-order valence-electron chi connectivity index (χ3n) is 3.34. The summed E-state index contributed by atoms with van der Waals surface area (Å²) in [5, 5.41) is 11.3. The van der Waals surface area contributed by atoms with Gasteiger partial charge < -0.3 is 14.8 Å². The molecule has 22 heavy (non-hydrogen) atoms. The van der Waals surface area contributed by atoms with Crippen LogP contribution in [0, 0.1) is 17.2 Å². The molecule has 1 aromatic carbocycles. The third-order valence-corrected chi connectivity index (χ3v) is 3.34. The Kier molecular flexibility index (Phi) is 6.90. The number of esters is 1. The molecular weight excluding hydrogens is 284 g/mol. The molecule has 0 bridgehead atoms. The Balaban J connectivity index is 2.56. The molecule has 0 aromatic heterocycles. The molecule has 0 spiro atoms. The fourth-order valence-electron chi connectivity index (χ4n) is 1.79. The standard InChI is InChI=1S/C16H20N2O4/c1-4-11(2)15(16(20)21-3)18-14(19)10-22-13-7-5-12(9-17)6-8-13/h5-8,11,15H,4,10H2,1-3H3,(H,18,19)/t11-,15+/m0/s1. The summed E-state index contributed by atoms with van der Waals surface area (Å²) in [6.07, 6.45) is 0.733. The molecule has 2 atom stereocenters. The van der Waals surface area contributed by atoms with Crippen LogP contribution in [0.15, 0.2) is 24.3 Å². The largest absolute Gasteiger partial charge is 0.484 e. The van der Waals surface area contributed by atoms with Gasteiger partial charge in [-0.3, -0.25) is 4.79 Å². The minimum Gasteiger partial charge on any atom is -0.484 e. The maximum absolute atomic E-state index is 11.9. The van der Waals surface area contributed by atoms with E-state index >= 15 is 0 Å². The van der Waals surface area contributed by atoms with Crippen molar-refractivity contribution in [2.45, 2.75) is 26.3 Å². The first-order chi connectivity index (χ1) is 10.5. The Morgan fingerprint density at radius 1 is 1.32 bits per heavy atom. The molecule has 0 fully saturated rings. The van der Waals surface area contributed by atoms with E-state index in [-0.39, 0.29) is 12.5 Å². The molecule has 6 nitrogen and oxygen atoms in total. The van der Waals surface area contributed by atoms with Gasteiger partial charge in [0, 0.05) is 0 Å². The van der Waals surface area contributed by atoms with Gasteiger partial charge in [-0.1, -0.05) is 20.3 Å². The molecule has 0 unspecified atom stereocenters. The zero-order valence-corrected chi connectivity index (χ0v) is 13.0. The van der Waals surface area contributed by atoms with E-state index in [0.717, 1.165) is 6.42 Å². The molecule has 0 radical (unpaired) electrons. The molecule has 0 heterocycles. The lowest BCUT2D eigenvalue weighted by molar-refractivity contribution is -0.146. The van der Waals surface area contributed by atoms with Gasteiger partial charge in [0.25, 0.3) is 5.91 Å². The Labute approximate surface area is 130 Å². The molecule has 0 saturated carbocycles. The van der Waals surface area contributed by atoms with Gasteiger partial charge >= 0.3 is 5.97 Å². The zero-order chi connectivity index (χ0) is 16.5. The lowest BCUT2D eigenvalue weighted by Gasteiger charge is -2.21. The molecule has 1 aromatic rings. The van der Waals surface area contributed by atoms with Crippen LogP contribution in [-0.4, -0.2) is 31.6 Å². The summed E-state index contributed by atoms with van der Waals surface area (Å²) >= 11 is 0. The van der Waals surface area contributed by atoms with Gasteiger partial charge in [-0.15, -0.1) is 0 Å². The monoisotopic (exact) mass is 304 g/mol. The average molecular weight is 304 g/mol. The molecule has 0 aliphatic carbocycles. The molecule has 0 aliphatic rings. The van der Waals surface area contributed by atoms with Crippen molar-refractivity contribution < 1.29 is 19.1 Å². The number of hydrogen-bond donors (Lipinski definition) is 1. The van der Waals surface area contributed by atoms with E-state index in [1.54, 1.807) is 24.3 Å². The van der Waals surface area contributed by atoms with Gasteiger partial charge in [0.1, 0.15) is 11.8 Å². The van der Waals surface area contributed by atoms with Crippen LogP contribution in [0.5, 0.6) is 5.75 Å². The predicted molar refractivity (Wildman–Crippen MR) is 80.1 cm³/mol. The van der Waals surface area contributed by atoms with E-state index in [2.05, 4.69) is 5.32 Å². The molecule has 118 valence electrons. The highest BCUT2D eigenvalue weighted by Gasteiger charge is 2.26. The second-order valence-electron chi connectivity index (χ2n) is 4.88. The van der Waals surface area contributed by atoms with Crippen molar-refractivity contribution in [3.8, 4) is 11.8 Å². The number of nitriles is 1. The quantitative estimate of drug-likeness (QED) is 0.774. The molecule has 0 aliphatic heterocycles. The number of nitrogens with zero attached hydrogens (tertiary/aromatic N) is 1. The molecule has 1 N–H and O–H groups in total. The van der Waals surface area contributed by atoms with Crippen LogP contribution in [0.25, 0.3) is 0 Å². The fraction of sp³-hybridized carbons (Fsp3) is 0.438. The van der Waals surface area contributed by atoms with Crippen molar-refractivity contribution >= 4 is 11.9 Å². The summed E-state index contributed by atoms with van der Waals surface area (Å²) in [6.45, 7) is 3.58. The highest BCUT2D eigenvalue weighted by atomic mass is 16.5. The van der Waals surface area contributed by atoms with E-state index in [1.165, 1.54) is 7.11 Å². The topological polar surface area (TPSA) is 88.4 Å². The van der Waals surface area contributed by atoms with Crippen molar-refractivity contribution in [2.75, 3.05) is 13.7 Å². The van der Waals surface area contributed by atoms with Gasteiger partial charge in [-0.05, 0) is 30.2 Å². The number of benzene rings is 1. The first kappa shape index (κ1) is 17.5. The van der Waals surface area contributed by atoms with Crippen molar-refractivity contribution in [1.82, 2.24) is 5.32 Å². The van der Waals surface area contributed by atoms with Crippen LogP contribution < -0.4 is 10.1 Å². The Morgan fingerprint density at radius 2 is 1.95 bits per heavy atom. The van der Waals surface area contributed by atoms with Gasteiger partial charge in [-0.2, -0.15) is 5.26 Å². The second-order valence-corrected chi connectivity index (χ2v) is 4.88. The van der Waals surface area contributed by atoms with Crippen LogP contribution in [0.4, 0.5) is 0 Å². The zero-order valence-electron chi connectivity index (χ0n) is 13.0. The van der Waals surface area contributed by atoms with Gasteiger partial charge in [0.15, 0.2) is 6.61 Å². The molecule has 0 saturated heterocycles. The number of carbonyl (C=O) groups is 2. The van der Waals surface area contributed by atoms with Crippen molar-refractivity contribution in [3.63, 3.8) is 0 Å². The third kappa shape index (κ3) is 5.09. The van der Waals surface area contributed by atoms with Crippen LogP contribution in [-0.2, 0) is 14.3 Å². The smallest absolute Gasteiger partial charge is 0.328 e. The summed E-state index contributed by atoms with van der Waals surface area (Å²) in [6, 6.07) is 7.73. The van der Waals surface area contributed by atoms with Crippen molar-refractivity contribution in [1.29, 1.82) is 5.26 Å². The average Bonchev–Trinajstić information content (AvgIpc) is 2.56. The van der Waals surface area contributed by atoms with E-state index in [9.17, 15) is 9.59 Å². The number of methoxy groups -OCH3 is 1. The summed E-state index contributed by atoms with van der Waals surface area (Å²) < 4.78 is 10.0. The highest BCUT2D eigenvalue weighted by molar-refractivity contribution is 5.85. The highest BCUT2D eigenvalue weighted by Crippen LogP contribution is 2.12. The number of carbonyl (C=O) groups excluding carboxylic acids is 2. The first-order valence-electron chi connectivity index (χ1n) is 7.02. The van der Waals surface area contributed by atoms with Crippen molar-refractivity contribution in [3.05, 3.63) is 29.8 Å². The summed E-state index contributed by atoms with van der Waals surface area (Å²) in [5.74, 6) is -0.431. The van der Waals surface area contributed by atoms with Crippen molar-refractivity contribution in [2.24, 2.45) is 5.92 Å². The Hall–Kier alpha value is -2.55. The maximum atomic E-state index is 11.9. The number of rotatable bonds is 7. The number of nitrogens with one attached hydrogen (secondary N) is 1. The minimum absolute atomic E-state index is 0.0358. The summed E-state index contributed by atoms with van der Waals surface area (Å²) in [5.41, 5.74) is 0.513. The maximum Gasteiger partial charge on any atom is 0.328 e. The normalized spacial score (nSPS) is 12.6. The SMILES string of the molecule is CC[C@H](C)[C@@H](NC(=O)COc1ccc(C#N)cc1)C(=O)OC. The lowest BCUT2D eigenvalue weighted by Crippen LogP contribution is -2.47. The van der Waals surface area contributed by atoms with E-state index in [4.69, 9.17) is 14.7 Å². The second kappa shape index (κ2) is 8.67. The van der Waals surface area contributed by atoms with Crippen LogP contribution in [0.2, 0.25) is 0 Å². The van der Waals surface area contributed by atoms with E-state index < -0.39 is 17.9 Å². The molecular formula is C16H20N2O4. The molecule has 1 rings (SSSR count). The molecule has 1 amide bonds. The predicted octanol–water partition coefficient (Wildman–Crippen LogP) is 1.64. The first-order valence-corrected chi connectivity index (χ1v) is 7.02. The number of hydrogen-bond acceptors (Lipinski definition) is 5. The van der Waals surface area contributed by atoms with Crippen LogP contribution >= 0.6 is 0 Å².